The molecule has 0 saturated heterocycles. The van der Waals surface area contributed by atoms with Gasteiger partial charge in [-0.15, -0.1) is 0 Å². The molecule has 0 fully saturated rings. The van der Waals surface area contributed by atoms with Crippen molar-refractivity contribution in [3.05, 3.63) is 0 Å². The van der Waals surface area contributed by atoms with Gasteiger partial charge in [-0.25, -0.2) is 12.7 Å². The van der Waals surface area contributed by atoms with E-state index in [4.69, 9.17) is 0 Å². The zero-order valence-corrected chi connectivity index (χ0v) is 11.4. The largest absolute Gasteiger partial charge is 0.224 e. The van der Waals surface area contributed by atoms with Crippen LogP contribution in [0, 0.1) is 0 Å². The van der Waals surface area contributed by atoms with Crippen LogP contribution in [0.1, 0.15) is 39.5 Å². The number of unbranched alkanes of at least 4 members (excludes halogenated alkanes) is 2. The lowest BCUT2D eigenvalue weighted by Gasteiger charge is -2.20. The summed E-state index contributed by atoms with van der Waals surface area (Å²) in [5.41, 5.74) is 0. The summed E-state index contributed by atoms with van der Waals surface area (Å²) in [7, 11) is -3.05. The normalized spacial score (nSPS) is 12.3. The fourth-order valence-electron chi connectivity index (χ4n) is 1.13. The van der Waals surface area contributed by atoms with Crippen LogP contribution in [0.3, 0.4) is 0 Å². The zero-order chi connectivity index (χ0) is 11.0. The van der Waals surface area contributed by atoms with Crippen LogP contribution < -0.4 is 0 Å². The van der Waals surface area contributed by atoms with Gasteiger partial charge in [-0.05, 0) is 12.8 Å². The van der Waals surface area contributed by atoms with Gasteiger partial charge >= 0.3 is 0 Å². The van der Waals surface area contributed by atoms with E-state index in [1.54, 1.807) is 4.31 Å². The van der Waals surface area contributed by atoms with Crippen LogP contribution in [0.5, 0.6) is 0 Å². The molecule has 0 radical (unpaired) electrons. The predicted octanol–water partition coefficient (Wildman–Crippen LogP) is 2.57. The molecule has 0 atom stereocenters. The summed E-state index contributed by atoms with van der Waals surface area (Å²) in [6.45, 7) is 5.45. The van der Waals surface area contributed by atoms with Crippen molar-refractivity contribution in [2.45, 2.75) is 39.5 Å². The van der Waals surface area contributed by atoms with Crippen molar-refractivity contribution in [2.24, 2.45) is 0 Å². The van der Waals surface area contributed by atoms with Crippen LogP contribution in [0.25, 0.3) is 0 Å². The fourth-order valence-corrected chi connectivity index (χ4v) is 2.95. The van der Waals surface area contributed by atoms with Gasteiger partial charge in [0.25, 0.3) is 0 Å². The standard InChI is InChI=1S/C9H20BrNO2S/c1-3-5-7-11(8-6-4-2)14(12,13)9-10/h3-9H2,1-2H3. The molecule has 0 aliphatic carbocycles. The maximum atomic E-state index is 11.6. The summed E-state index contributed by atoms with van der Waals surface area (Å²) in [5, 5.41) is 0. The summed E-state index contributed by atoms with van der Waals surface area (Å²) >= 11 is 3.03. The maximum Gasteiger partial charge on any atom is 0.224 e. The second-order valence-electron chi connectivity index (χ2n) is 3.33. The van der Waals surface area contributed by atoms with E-state index >= 15 is 0 Å². The first-order valence-corrected chi connectivity index (χ1v) is 7.85. The third-order valence-corrected chi connectivity index (χ3v) is 5.22. The van der Waals surface area contributed by atoms with Gasteiger partial charge in [0.2, 0.25) is 10.0 Å². The van der Waals surface area contributed by atoms with Gasteiger partial charge in [0.15, 0.2) is 0 Å². The Morgan fingerprint density at radius 3 is 1.79 bits per heavy atom. The molecule has 0 bridgehead atoms. The second-order valence-corrected chi connectivity index (χ2v) is 6.60. The van der Waals surface area contributed by atoms with Gasteiger partial charge in [-0.1, -0.05) is 42.6 Å². The van der Waals surface area contributed by atoms with Crippen molar-refractivity contribution in [2.75, 3.05) is 17.8 Å². The predicted molar refractivity (Wildman–Crippen MR) is 64.1 cm³/mol. The smallest absolute Gasteiger partial charge is 0.211 e. The summed E-state index contributed by atoms with van der Waals surface area (Å²) in [6, 6.07) is 0. The Labute approximate surface area is 96.0 Å². The summed E-state index contributed by atoms with van der Waals surface area (Å²) < 4.78 is 24.8. The van der Waals surface area contributed by atoms with Crippen LogP contribution >= 0.6 is 15.9 Å². The Kier molecular flexibility index (Phi) is 7.86. The number of hydrogen-bond acceptors (Lipinski definition) is 2. The highest BCUT2D eigenvalue weighted by Crippen LogP contribution is 2.08. The molecule has 5 heteroatoms. The van der Waals surface area contributed by atoms with Crippen LogP contribution in [0.15, 0.2) is 0 Å². The van der Waals surface area contributed by atoms with E-state index in [9.17, 15) is 8.42 Å². The molecule has 0 aliphatic rings. The summed E-state index contributed by atoms with van der Waals surface area (Å²) in [5.74, 6) is 0. The van der Waals surface area contributed by atoms with Crippen LogP contribution in [-0.2, 0) is 10.0 Å². The van der Waals surface area contributed by atoms with Crippen LogP contribution in [-0.4, -0.2) is 30.5 Å². The molecule has 0 aromatic carbocycles. The van der Waals surface area contributed by atoms with Crippen molar-refractivity contribution in [3.8, 4) is 0 Å². The van der Waals surface area contributed by atoms with Crippen molar-refractivity contribution in [1.29, 1.82) is 0 Å². The maximum absolute atomic E-state index is 11.6. The minimum atomic E-state index is -3.05. The molecule has 0 unspecified atom stereocenters. The van der Waals surface area contributed by atoms with Crippen LogP contribution in [0.4, 0.5) is 0 Å². The minimum Gasteiger partial charge on any atom is -0.211 e. The lowest BCUT2D eigenvalue weighted by Crippen LogP contribution is -2.33. The van der Waals surface area contributed by atoms with E-state index in [0.29, 0.717) is 13.1 Å². The highest BCUT2D eigenvalue weighted by molar-refractivity contribution is 9.10. The first-order chi connectivity index (χ1) is 6.58. The second kappa shape index (κ2) is 7.65. The highest BCUT2D eigenvalue weighted by atomic mass is 79.9. The molecule has 0 rings (SSSR count). The Bertz CT molecular complexity index is 221. The average molecular weight is 286 g/mol. The topological polar surface area (TPSA) is 37.4 Å². The van der Waals surface area contributed by atoms with E-state index in [2.05, 4.69) is 29.8 Å². The Balaban J connectivity index is 4.23. The molecule has 0 aliphatic heterocycles. The minimum absolute atomic E-state index is 0.0351. The van der Waals surface area contributed by atoms with E-state index < -0.39 is 10.0 Å². The third-order valence-electron chi connectivity index (χ3n) is 2.05. The number of hydrogen-bond donors (Lipinski definition) is 0. The fraction of sp³-hybridized carbons (Fsp3) is 1.00. The first kappa shape index (κ1) is 14.4. The molecule has 0 N–H and O–H groups in total. The molecule has 14 heavy (non-hydrogen) atoms. The lowest BCUT2D eigenvalue weighted by atomic mass is 10.3. The van der Waals surface area contributed by atoms with Crippen molar-refractivity contribution in [1.82, 2.24) is 4.31 Å². The molecule has 86 valence electrons. The number of alkyl halides is 1. The molecule has 0 spiro atoms. The zero-order valence-electron chi connectivity index (χ0n) is 9.00. The summed E-state index contributed by atoms with van der Waals surface area (Å²) in [6.07, 6.45) is 3.94. The van der Waals surface area contributed by atoms with E-state index in [-0.39, 0.29) is 4.66 Å². The van der Waals surface area contributed by atoms with Gasteiger partial charge in [-0.3, -0.25) is 0 Å². The number of rotatable bonds is 8. The van der Waals surface area contributed by atoms with Gasteiger partial charge in [-0.2, -0.15) is 0 Å². The SMILES string of the molecule is CCCCN(CCCC)S(=O)(=O)CBr. The lowest BCUT2D eigenvalue weighted by molar-refractivity contribution is 0.398. The monoisotopic (exact) mass is 285 g/mol. The van der Waals surface area contributed by atoms with E-state index in [0.717, 1.165) is 25.7 Å². The Hall–Kier alpha value is 0.390. The van der Waals surface area contributed by atoms with E-state index in [1.807, 2.05) is 0 Å². The van der Waals surface area contributed by atoms with Gasteiger partial charge < -0.3 is 0 Å². The van der Waals surface area contributed by atoms with Crippen molar-refractivity contribution < 1.29 is 8.42 Å². The number of nitrogens with zero attached hydrogens (tertiary/aromatic N) is 1. The molecule has 0 aromatic rings. The quantitative estimate of drug-likeness (QED) is 0.643. The van der Waals surface area contributed by atoms with Crippen LogP contribution in [0.2, 0.25) is 0 Å². The molecule has 3 nitrogen and oxygen atoms in total. The molecular weight excluding hydrogens is 266 g/mol. The first-order valence-electron chi connectivity index (χ1n) is 5.12. The van der Waals surface area contributed by atoms with Crippen molar-refractivity contribution >= 4 is 26.0 Å². The molecular formula is C9H20BrNO2S. The highest BCUT2D eigenvalue weighted by Gasteiger charge is 2.18. The van der Waals surface area contributed by atoms with Gasteiger partial charge in [0.1, 0.15) is 4.66 Å². The molecule has 0 heterocycles. The molecule has 0 saturated carbocycles. The number of sulfonamides is 1. The van der Waals surface area contributed by atoms with Gasteiger partial charge in [0.05, 0.1) is 0 Å². The summed E-state index contributed by atoms with van der Waals surface area (Å²) in [4.78, 5) is 0. The Morgan fingerprint density at radius 1 is 1.07 bits per heavy atom. The third kappa shape index (κ3) is 5.32. The van der Waals surface area contributed by atoms with Crippen molar-refractivity contribution in [3.63, 3.8) is 0 Å². The van der Waals surface area contributed by atoms with E-state index in [1.165, 1.54) is 0 Å². The Morgan fingerprint density at radius 2 is 1.50 bits per heavy atom. The number of halogens is 1. The average Bonchev–Trinajstić information content (AvgIpc) is 2.17. The molecule has 0 aromatic heterocycles. The molecule has 0 amide bonds. The van der Waals surface area contributed by atoms with Gasteiger partial charge in [0, 0.05) is 13.1 Å².